The molecular weight excluding hydrogens is 313 g/mol. The van der Waals surface area contributed by atoms with Gasteiger partial charge in [-0.1, -0.05) is 66.2 Å². The van der Waals surface area contributed by atoms with Crippen LogP contribution in [0.25, 0.3) is 0 Å². The van der Waals surface area contributed by atoms with E-state index >= 15 is 0 Å². The lowest BCUT2D eigenvalue weighted by Crippen LogP contribution is -2.28. The Morgan fingerprint density at radius 1 is 0.955 bits per heavy atom. The largest absolute Gasteiger partial charge is 0.416 e. The van der Waals surface area contributed by atoms with Crippen molar-refractivity contribution >= 4 is 11.6 Å². The molecule has 0 bridgehead atoms. The second-order valence-electron chi connectivity index (χ2n) is 4.60. The molecule has 1 nitrogen and oxygen atoms in total. The molecule has 2 rings (SSSR count). The van der Waals surface area contributed by atoms with Crippen LogP contribution in [0.2, 0.25) is 0 Å². The first-order valence-electron chi connectivity index (χ1n) is 6.55. The third-order valence-electron chi connectivity index (χ3n) is 3.12. The highest BCUT2D eigenvalue weighted by atomic mass is 35.5. The molecule has 0 radical (unpaired) electrons. The zero-order valence-corrected chi connectivity index (χ0v) is 12.4. The van der Waals surface area contributed by atoms with Crippen LogP contribution in [0.4, 0.5) is 13.2 Å². The maximum absolute atomic E-state index is 13.3. The van der Waals surface area contributed by atoms with Crippen LogP contribution >= 0.6 is 11.6 Å². The quantitative estimate of drug-likeness (QED) is 0.532. The molecule has 0 saturated carbocycles. The Morgan fingerprint density at radius 3 is 2.05 bits per heavy atom. The molecule has 22 heavy (non-hydrogen) atoms. The molecule has 0 aliphatic carbocycles. The van der Waals surface area contributed by atoms with E-state index < -0.39 is 16.8 Å². The number of halogens is 4. The molecule has 0 heterocycles. The van der Waals surface area contributed by atoms with Crippen molar-refractivity contribution in [3.63, 3.8) is 0 Å². The van der Waals surface area contributed by atoms with E-state index in [4.69, 9.17) is 16.3 Å². The summed E-state index contributed by atoms with van der Waals surface area (Å²) in [5.41, 5.74) is -0.537. The van der Waals surface area contributed by atoms with Crippen LogP contribution in [0.1, 0.15) is 16.7 Å². The number of hydrogen-bond donors (Lipinski definition) is 0. The van der Waals surface area contributed by atoms with Gasteiger partial charge in [-0.25, -0.2) is 0 Å². The van der Waals surface area contributed by atoms with E-state index in [0.717, 1.165) is 6.07 Å². The van der Waals surface area contributed by atoms with Crippen molar-refractivity contribution in [3.8, 4) is 0 Å². The fourth-order valence-corrected chi connectivity index (χ4v) is 2.51. The smallest absolute Gasteiger partial charge is 0.347 e. The number of benzene rings is 2. The standard InChI is InChI=1S/C17H14ClF3O/c1-2-12-22-16(18,13-8-4-3-5-9-13)14-10-6-7-11-15(14)17(19,20)21/h2-11H,1,12H2. The summed E-state index contributed by atoms with van der Waals surface area (Å²) in [6, 6.07) is 13.5. The molecule has 0 amide bonds. The summed E-state index contributed by atoms with van der Waals surface area (Å²) in [5, 5.41) is -1.73. The van der Waals surface area contributed by atoms with Gasteiger partial charge in [0.05, 0.1) is 12.2 Å². The summed E-state index contributed by atoms with van der Waals surface area (Å²) in [6.07, 6.45) is -3.08. The third-order valence-corrected chi connectivity index (χ3v) is 3.65. The monoisotopic (exact) mass is 326 g/mol. The summed E-state index contributed by atoms with van der Waals surface area (Å²) in [4.78, 5) is 0. The lowest BCUT2D eigenvalue weighted by Gasteiger charge is -2.30. The summed E-state index contributed by atoms with van der Waals surface area (Å²) < 4.78 is 45.4. The fraction of sp³-hybridized carbons (Fsp3) is 0.176. The second-order valence-corrected chi connectivity index (χ2v) is 5.14. The Bertz CT molecular complexity index is 640. The molecule has 5 heteroatoms. The molecule has 0 saturated heterocycles. The third kappa shape index (κ3) is 3.34. The van der Waals surface area contributed by atoms with Gasteiger partial charge in [-0.15, -0.1) is 6.58 Å². The minimum absolute atomic E-state index is 0.0184. The van der Waals surface area contributed by atoms with Crippen LogP contribution in [-0.4, -0.2) is 6.61 Å². The highest BCUT2D eigenvalue weighted by Crippen LogP contribution is 2.44. The molecular formula is C17H14ClF3O. The summed E-state index contributed by atoms with van der Waals surface area (Å²) in [7, 11) is 0. The van der Waals surface area contributed by atoms with Gasteiger partial charge in [-0.05, 0) is 6.07 Å². The Kier molecular flexibility index (Phi) is 4.94. The first kappa shape index (κ1) is 16.6. The van der Waals surface area contributed by atoms with Crippen molar-refractivity contribution in [1.29, 1.82) is 0 Å². The van der Waals surface area contributed by atoms with Crippen LogP contribution in [0.5, 0.6) is 0 Å². The van der Waals surface area contributed by atoms with Gasteiger partial charge in [-0.2, -0.15) is 13.2 Å². The number of ether oxygens (including phenoxy) is 1. The molecule has 1 unspecified atom stereocenters. The molecule has 2 aromatic carbocycles. The Labute approximate surface area is 132 Å². The van der Waals surface area contributed by atoms with Crippen LogP contribution in [0.3, 0.4) is 0 Å². The van der Waals surface area contributed by atoms with Crippen molar-refractivity contribution in [2.24, 2.45) is 0 Å². The van der Waals surface area contributed by atoms with E-state index in [1.165, 1.54) is 24.3 Å². The van der Waals surface area contributed by atoms with Gasteiger partial charge in [0.2, 0.25) is 0 Å². The normalized spacial score (nSPS) is 14.4. The van der Waals surface area contributed by atoms with Gasteiger partial charge >= 0.3 is 6.18 Å². The number of rotatable bonds is 5. The molecule has 116 valence electrons. The topological polar surface area (TPSA) is 9.23 Å². The van der Waals surface area contributed by atoms with E-state index in [-0.39, 0.29) is 12.2 Å². The number of hydrogen-bond acceptors (Lipinski definition) is 1. The second kappa shape index (κ2) is 6.55. The number of alkyl halides is 4. The van der Waals surface area contributed by atoms with Crippen molar-refractivity contribution < 1.29 is 17.9 Å². The van der Waals surface area contributed by atoms with Crippen LogP contribution < -0.4 is 0 Å². The van der Waals surface area contributed by atoms with Crippen LogP contribution in [-0.2, 0) is 16.0 Å². The van der Waals surface area contributed by atoms with Crippen molar-refractivity contribution in [2.45, 2.75) is 11.2 Å². The van der Waals surface area contributed by atoms with E-state index in [1.54, 1.807) is 30.3 Å². The van der Waals surface area contributed by atoms with Crippen molar-refractivity contribution in [1.82, 2.24) is 0 Å². The van der Waals surface area contributed by atoms with Gasteiger partial charge in [0.1, 0.15) is 0 Å². The van der Waals surface area contributed by atoms with E-state index in [2.05, 4.69) is 6.58 Å². The van der Waals surface area contributed by atoms with Gasteiger partial charge in [0.25, 0.3) is 0 Å². The van der Waals surface area contributed by atoms with Crippen LogP contribution in [0, 0.1) is 0 Å². The Hall–Kier alpha value is -1.78. The predicted octanol–water partition coefficient (Wildman–Crippen LogP) is 5.35. The molecule has 0 spiro atoms. The zero-order valence-electron chi connectivity index (χ0n) is 11.6. The Morgan fingerprint density at radius 2 is 1.50 bits per heavy atom. The highest BCUT2D eigenvalue weighted by molar-refractivity contribution is 6.25. The minimum Gasteiger partial charge on any atom is -0.347 e. The lowest BCUT2D eigenvalue weighted by atomic mass is 9.95. The lowest BCUT2D eigenvalue weighted by molar-refractivity contribution is -0.139. The molecule has 0 aliphatic heterocycles. The van der Waals surface area contributed by atoms with Gasteiger partial charge in [-0.3, -0.25) is 0 Å². The van der Waals surface area contributed by atoms with Crippen LogP contribution in [0.15, 0.2) is 67.3 Å². The van der Waals surface area contributed by atoms with Gasteiger partial charge in [0.15, 0.2) is 5.06 Å². The average molecular weight is 327 g/mol. The van der Waals surface area contributed by atoms with Gasteiger partial charge < -0.3 is 4.74 Å². The molecule has 0 aromatic heterocycles. The molecule has 2 aromatic rings. The summed E-state index contributed by atoms with van der Waals surface area (Å²) in [5.74, 6) is 0. The first-order valence-corrected chi connectivity index (χ1v) is 6.93. The highest BCUT2D eigenvalue weighted by Gasteiger charge is 2.42. The molecule has 0 aliphatic rings. The maximum Gasteiger partial charge on any atom is 0.416 e. The Balaban J connectivity index is 2.63. The maximum atomic E-state index is 13.3. The minimum atomic E-state index is -4.52. The molecule has 1 atom stereocenters. The summed E-state index contributed by atoms with van der Waals surface area (Å²) in [6.45, 7) is 3.53. The van der Waals surface area contributed by atoms with Gasteiger partial charge in [0, 0.05) is 11.1 Å². The molecule has 0 N–H and O–H groups in total. The molecule has 0 fully saturated rings. The van der Waals surface area contributed by atoms with E-state index in [9.17, 15) is 13.2 Å². The SMILES string of the molecule is C=CCOC(Cl)(c1ccccc1)c1ccccc1C(F)(F)F. The summed E-state index contributed by atoms with van der Waals surface area (Å²) >= 11 is 6.51. The average Bonchev–Trinajstić information content (AvgIpc) is 2.52. The van der Waals surface area contributed by atoms with E-state index in [1.807, 2.05) is 0 Å². The zero-order chi connectivity index (χ0) is 16.2. The predicted molar refractivity (Wildman–Crippen MR) is 80.7 cm³/mol. The van der Waals surface area contributed by atoms with Crippen molar-refractivity contribution in [3.05, 3.63) is 83.9 Å². The van der Waals surface area contributed by atoms with Crippen molar-refractivity contribution in [2.75, 3.05) is 6.61 Å². The van der Waals surface area contributed by atoms with E-state index in [0.29, 0.717) is 5.56 Å². The fourth-order valence-electron chi connectivity index (χ4n) is 2.15. The first-order chi connectivity index (χ1) is 10.4.